The van der Waals surface area contributed by atoms with Crippen molar-refractivity contribution in [2.24, 2.45) is 0 Å². The second-order valence-electron chi connectivity index (χ2n) is 10.5. The van der Waals surface area contributed by atoms with Gasteiger partial charge < -0.3 is 14.4 Å². The van der Waals surface area contributed by atoms with Gasteiger partial charge in [-0.2, -0.15) is 4.31 Å². The summed E-state index contributed by atoms with van der Waals surface area (Å²) in [6.07, 6.45) is 1.18. The van der Waals surface area contributed by atoms with Crippen molar-refractivity contribution in [1.82, 2.24) is 19.1 Å². The van der Waals surface area contributed by atoms with Crippen molar-refractivity contribution in [3.63, 3.8) is 0 Å². The summed E-state index contributed by atoms with van der Waals surface area (Å²) in [7, 11) is -3.79. The molecule has 3 heterocycles. The van der Waals surface area contributed by atoms with Crippen molar-refractivity contribution in [3.8, 4) is 0 Å². The van der Waals surface area contributed by atoms with Crippen LogP contribution < -0.4 is 4.90 Å². The standard InChI is InChI=1S/C30H39N5O6S2/c1-3-23-7-5-8-26-27(23)31-29(42-26)35(14-6-13-32-19-21-40-22-20-32)28(36)24-9-11-25(12-10-24)43(38,39)34-17-15-33(16-18-34)30(37)41-4-2/h5,7-12H,3-4,6,13-22H2,1-2H3. The number of fused-ring (bicyclic) bond motifs is 1. The van der Waals surface area contributed by atoms with Crippen LogP contribution in [0.3, 0.4) is 0 Å². The van der Waals surface area contributed by atoms with Gasteiger partial charge in [0.15, 0.2) is 5.13 Å². The first-order valence-electron chi connectivity index (χ1n) is 14.8. The van der Waals surface area contributed by atoms with Gasteiger partial charge in [0.1, 0.15) is 0 Å². The number of carbonyl (C=O) groups excluding carboxylic acids is 2. The number of sulfonamides is 1. The second-order valence-corrected chi connectivity index (χ2v) is 13.4. The SMILES string of the molecule is CCOC(=O)N1CCN(S(=O)(=O)c2ccc(C(=O)N(CCCN3CCOCC3)c3nc4c(CC)cccc4s3)cc2)CC1. The zero-order chi connectivity index (χ0) is 30.4. The van der Waals surface area contributed by atoms with Crippen LogP contribution in [0.4, 0.5) is 9.93 Å². The van der Waals surface area contributed by atoms with Gasteiger partial charge in [-0.3, -0.25) is 14.6 Å². The van der Waals surface area contributed by atoms with E-state index < -0.39 is 16.1 Å². The number of ether oxygens (including phenoxy) is 2. The van der Waals surface area contributed by atoms with Crippen molar-refractivity contribution in [3.05, 3.63) is 53.6 Å². The molecule has 0 unspecified atom stereocenters. The maximum atomic E-state index is 13.9. The lowest BCUT2D eigenvalue weighted by Crippen LogP contribution is -2.50. The minimum Gasteiger partial charge on any atom is -0.450 e. The van der Waals surface area contributed by atoms with E-state index in [4.69, 9.17) is 14.5 Å². The van der Waals surface area contributed by atoms with Crippen molar-refractivity contribution >= 4 is 48.7 Å². The summed E-state index contributed by atoms with van der Waals surface area (Å²) in [6.45, 7) is 9.50. The molecule has 2 aliphatic rings. The molecule has 0 atom stereocenters. The zero-order valence-electron chi connectivity index (χ0n) is 24.7. The number of aryl methyl sites for hydroxylation is 1. The number of piperazine rings is 1. The monoisotopic (exact) mass is 629 g/mol. The highest BCUT2D eigenvalue weighted by Gasteiger charge is 2.31. The third-order valence-corrected chi connectivity index (χ3v) is 10.8. The molecule has 2 aliphatic heterocycles. The number of morpholine rings is 1. The first-order valence-corrected chi connectivity index (χ1v) is 17.1. The molecule has 2 saturated heterocycles. The number of hydrogen-bond acceptors (Lipinski definition) is 9. The lowest BCUT2D eigenvalue weighted by Gasteiger charge is -2.33. The lowest BCUT2D eigenvalue weighted by molar-refractivity contribution is 0.0376. The molecule has 0 saturated carbocycles. The fourth-order valence-electron chi connectivity index (χ4n) is 5.36. The van der Waals surface area contributed by atoms with E-state index in [0.717, 1.165) is 61.5 Å². The van der Waals surface area contributed by atoms with Gasteiger partial charge in [0.2, 0.25) is 10.0 Å². The smallest absolute Gasteiger partial charge is 0.409 e. The Kier molecular flexibility index (Phi) is 10.3. The number of hydrogen-bond donors (Lipinski definition) is 0. The molecule has 2 aromatic carbocycles. The van der Waals surface area contributed by atoms with E-state index >= 15 is 0 Å². The molecular formula is C30H39N5O6S2. The van der Waals surface area contributed by atoms with E-state index in [1.807, 2.05) is 12.1 Å². The number of rotatable bonds is 10. The molecule has 2 amide bonds. The summed E-state index contributed by atoms with van der Waals surface area (Å²) >= 11 is 1.50. The third kappa shape index (κ3) is 7.18. The van der Waals surface area contributed by atoms with Gasteiger partial charge >= 0.3 is 6.09 Å². The van der Waals surface area contributed by atoms with E-state index in [2.05, 4.69) is 17.9 Å². The van der Waals surface area contributed by atoms with Gasteiger partial charge in [-0.25, -0.2) is 18.2 Å². The Balaban J connectivity index is 1.32. The Labute approximate surface area is 257 Å². The highest BCUT2D eigenvalue weighted by molar-refractivity contribution is 7.89. The maximum absolute atomic E-state index is 13.9. The average Bonchev–Trinajstić information content (AvgIpc) is 3.48. The molecule has 13 heteroatoms. The summed E-state index contributed by atoms with van der Waals surface area (Å²) in [5.74, 6) is -0.217. The minimum atomic E-state index is -3.79. The second kappa shape index (κ2) is 14.1. The molecule has 11 nitrogen and oxygen atoms in total. The van der Waals surface area contributed by atoms with Gasteiger partial charge in [0, 0.05) is 57.9 Å². The Morgan fingerprint density at radius 2 is 1.72 bits per heavy atom. The first-order chi connectivity index (χ1) is 20.8. The Bertz CT molecular complexity index is 1510. The average molecular weight is 630 g/mol. The number of carbonyl (C=O) groups is 2. The molecular weight excluding hydrogens is 590 g/mol. The number of thiazole rings is 1. The zero-order valence-corrected chi connectivity index (χ0v) is 26.4. The third-order valence-electron chi connectivity index (χ3n) is 7.81. The van der Waals surface area contributed by atoms with Crippen LogP contribution in [0.25, 0.3) is 10.2 Å². The van der Waals surface area contributed by atoms with Crippen LogP contribution in [0.1, 0.15) is 36.2 Å². The van der Waals surface area contributed by atoms with E-state index in [1.165, 1.54) is 32.7 Å². The molecule has 0 spiro atoms. The Morgan fingerprint density at radius 3 is 2.40 bits per heavy atom. The van der Waals surface area contributed by atoms with Gasteiger partial charge in [-0.05, 0) is 55.7 Å². The van der Waals surface area contributed by atoms with Crippen LogP contribution in [0.5, 0.6) is 0 Å². The predicted octanol–water partition coefficient (Wildman–Crippen LogP) is 3.69. The van der Waals surface area contributed by atoms with Gasteiger partial charge in [0.25, 0.3) is 5.91 Å². The van der Waals surface area contributed by atoms with E-state index in [9.17, 15) is 18.0 Å². The normalized spacial score (nSPS) is 16.8. The number of amides is 2. The summed E-state index contributed by atoms with van der Waals surface area (Å²) in [5.41, 5.74) is 2.45. The van der Waals surface area contributed by atoms with Crippen molar-refractivity contribution in [2.45, 2.75) is 31.6 Å². The van der Waals surface area contributed by atoms with Gasteiger partial charge in [-0.1, -0.05) is 30.4 Å². The van der Waals surface area contributed by atoms with Crippen LogP contribution in [0.15, 0.2) is 47.4 Å². The molecule has 0 aliphatic carbocycles. The molecule has 3 aromatic rings. The highest BCUT2D eigenvalue weighted by atomic mass is 32.2. The number of benzene rings is 2. The number of aromatic nitrogens is 1. The van der Waals surface area contributed by atoms with Crippen LogP contribution in [0, 0.1) is 0 Å². The topological polar surface area (TPSA) is 113 Å². The molecule has 0 radical (unpaired) electrons. The van der Waals surface area contributed by atoms with Gasteiger partial charge in [0.05, 0.1) is 34.9 Å². The molecule has 5 rings (SSSR count). The molecule has 0 bridgehead atoms. The molecule has 0 N–H and O–H groups in total. The summed E-state index contributed by atoms with van der Waals surface area (Å²) in [5, 5.41) is 0.638. The minimum absolute atomic E-state index is 0.111. The fourth-order valence-corrected chi connectivity index (χ4v) is 7.82. The van der Waals surface area contributed by atoms with E-state index in [0.29, 0.717) is 17.2 Å². The summed E-state index contributed by atoms with van der Waals surface area (Å²) < 4.78 is 39.6. The molecule has 43 heavy (non-hydrogen) atoms. The van der Waals surface area contributed by atoms with Crippen molar-refractivity contribution < 1.29 is 27.5 Å². The predicted molar refractivity (Wildman–Crippen MR) is 166 cm³/mol. The Hall–Kier alpha value is -3.10. The number of nitrogens with zero attached hydrogens (tertiary/aromatic N) is 5. The first kappa shape index (κ1) is 31.3. The van der Waals surface area contributed by atoms with Crippen LogP contribution >= 0.6 is 11.3 Å². The summed E-state index contributed by atoms with van der Waals surface area (Å²) in [6, 6.07) is 12.2. The van der Waals surface area contributed by atoms with Crippen molar-refractivity contribution in [2.75, 3.05) is 77.1 Å². The lowest BCUT2D eigenvalue weighted by atomic mass is 10.1. The fraction of sp³-hybridized carbons (Fsp3) is 0.500. The summed E-state index contributed by atoms with van der Waals surface area (Å²) in [4.78, 5) is 36.5. The van der Waals surface area contributed by atoms with Crippen LogP contribution in [0.2, 0.25) is 0 Å². The molecule has 2 fully saturated rings. The van der Waals surface area contributed by atoms with Crippen LogP contribution in [-0.4, -0.2) is 112 Å². The number of para-hydroxylation sites is 1. The quantitative estimate of drug-likeness (QED) is 0.334. The van der Waals surface area contributed by atoms with Crippen molar-refractivity contribution in [1.29, 1.82) is 0 Å². The van der Waals surface area contributed by atoms with E-state index in [1.54, 1.807) is 24.0 Å². The van der Waals surface area contributed by atoms with Gasteiger partial charge in [-0.15, -0.1) is 0 Å². The van der Waals surface area contributed by atoms with Crippen LogP contribution in [-0.2, 0) is 25.9 Å². The molecule has 232 valence electrons. The maximum Gasteiger partial charge on any atom is 0.409 e. The largest absolute Gasteiger partial charge is 0.450 e. The highest BCUT2D eigenvalue weighted by Crippen LogP contribution is 2.32. The Morgan fingerprint density at radius 1 is 1.00 bits per heavy atom. The molecule has 1 aromatic heterocycles. The number of anilines is 1. The van der Waals surface area contributed by atoms with E-state index in [-0.39, 0.29) is 43.6 Å².